The SMILES string of the molecule is C=C[C@H]1[C@@H](O[Si](C)(C)C(C)(C)C)C[C@@H](CCCCCCCCC)N1C(=O)OC(C)(C)C. The van der Waals surface area contributed by atoms with Crippen LogP contribution >= 0.6 is 0 Å². The second-order valence-electron chi connectivity index (χ2n) is 11.8. The summed E-state index contributed by atoms with van der Waals surface area (Å²) in [5.41, 5.74) is -0.509. The fourth-order valence-electron chi connectivity index (χ4n) is 4.06. The molecule has 1 aliphatic rings. The Labute approximate surface area is 194 Å². The van der Waals surface area contributed by atoms with Crippen molar-refractivity contribution in [2.45, 2.75) is 148 Å². The van der Waals surface area contributed by atoms with Crippen molar-refractivity contribution >= 4 is 14.4 Å². The Balaban J connectivity index is 2.90. The van der Waals surface area contributed by atoms with Gasteiger partial charge in [0.15, 0.2) is 8.32 Å². The quantitative estimate of drug-likeness (QED) is 0.180. The molecule has 0 aromatic rings. The topological polar surface area (TPSA) is 38.8 Å². The first kappa shape index (κ1) is 28.2. The second kappa shape index (κ2) is 11.9. The minimum Gasteiger partial charge on any atom is -0.444 e. The Morgan fingerprint density at radius 1 is 1.03 bits per heavy atom. The van der Waals surface area contributed by atoms with E-state index < -0.39 is 13.9 Å². The van der Waals surface area contributed by atoms with Crippen molar-refractivity contribution in [1.29, 1.82) is 0 Å². The number of unbranched alkanes of at least 4 members (excludes halogenated alkanes) is 6. The number of ether oxygens (including phenoxy) is 1. The van der Waals surface area contributed by atoms with Gasteiger partial charge in [-0.2, -0.15) is 0 Å². The van der Waals surface area contributed by atoms with Crippen LogP contribution in [-0.4, -0.2) is 43.1 Å². The van der Waals surface area contributed by atoms with Gasteiger partial charge in [-0.3, -0.25) is 4.90 Å². The molecular weight excluding hydrogens is 402 g/mol. The molecule has 0 bridgehead atoms. The lowest BCUT2D eigenvalue weighted by molar-refractivity contribution is 0.0139. The van der Waals surface area contributed by atoms with Crippen molar-refractivity contribution in [1.82, 2.24) is 4.90 Å². The van der Waals surface area contributed by atoms with Crippen LogP contribution in [0.3, 0.4) is 0 Å². The van der Waals surface area contributed by atoms with Gasteiger partial charge in [0.25, 0.3) is 0 Å². The van der Waals surface area contributed by atoms with Crippen molar-refractivity contribution in [3.63, 3.8) is 0 Å². The number of carbonyl (C=O) groups is 1. The average molecular weight is 454 g/mol. The first-order valence-electron chi connectivity index (χ1n) is 12.5. The Kier molecular flexibility index (Phi) is 10.8. The molecule has 31 heavy (non-hydrogen) atoms. The molecule has 0 N–H and O–H groups in total. The molecule has 0 saturated carbocycles. The van der Waals surface area contributed by atoms with Gasteiger partial charge in [0, 0.05) is 6.04 Å². The van der Waals surface area contributed by atoms with Gasteiger partial charge in [-0.05, 0) is 51.7 Å². The first-order valence-corrected chi connectivity index (χ1v) is 15.5. The molecule has 1 fully saturated rings. The zero-order chi connectivity index (χ0) is 23.9. The normalized spacial score (nSPS) is 22.6. The number of carbonyl (C=O) groups excluding carboxylic acids is 1. The van der Waals surface area contributed by atoms with E-state index in [0.29, 0.717) is 0 Å². The van der Waals surface area contributed by atoms with Crippen molar-refractivity contribution in [3.8, 4) is 0 Å². The highest BCUT2D eigenvalue weighted by Gasteiger charge is 2.48. The molecule has 0 spiro atoms. The lowest BCUT2D eigenvalue weighted by Gasteiger charge is -2.40. The predicted molar refractivity (Wildman–Crippen MR) is 135 cm³/mol. The van der Waals surface area contributed by atoms with Gasteiger partial charge < -0.3 is 9.16 Å². The van der Waals surface area contributed by atoms with Crippen LogP contribution in [-0.2, 0) is 9.16 Å². The average Bonchev–Trinajstić information content (AvgIpc) is 2.95. The lowest BCUT2D eigenvalue weighted by Crippen LogP contribution is -2.49. The van der Waals surface area contributed by atoms with Crippen LogP contribution in [0, 0.1) is 0 Å². The summed E-state index contributed by atoms with van der Waals surface area (Å²) in [5.74, 6) is 0. The molecule has 0 unspecified atom stereocenters. The molecule has 182 valence electrons. The van der Waals surface area contributed by atoms with Crippen molar-refractivity contribution < 1.29 is 14.0 Å². The van der Waals surface area contributed by atoms with Gasteiger partial charge in [-0.25, -0.2) is 4.79 Å². The van der Waals surface area contributed by atoms with Crippen molar-refractivity contribution in [3.05, 3.63) is 12.7 Å². The van der Waals surface area contributed by atoms with Gasteiger partial charge in [-0.1, -0.05) is 78.7 Å². The number of hydrogen-bond acceptors (Lipinski definition) is 3. The summed E-state index contributed by atoms with van der Waals surface area (Å²) in [5, 5.41) is 0.131. The van der Waals surface area contributed by atoms with Gasteiger partial charge in [0.1, 0.15) is 5.60 Å². The number of rotatable bonds is 11. The third kappa shape index (κ3) is 8.92. The van der Waals surface area contributed by atoms with E-state index in [9.17, 15) is 4.79 Å². The molecule has 1 aliphatic heterocycles. The predicted octanol–water partition coefficient (Wildman–Crippen LogP) is 8.08. The molecule has 0 aliphatic carbocycles. The molecule has 1 heterocycles. The van der Waals surface area contributed by atoms with Crippen LogP contribution < -0.4 is 0 Å². The lowest BCUT2D eigenvalue weighted by atomic mass is 10.0. The Morgan fingerprint density at radius 3 is 2.06 bits per heavy atom. The van der Waals surface area contributed by atoms with E-state index in [1.807, 2.05) is 31.7 Å². The summed E-state index contributed by atoms with van der Waals surface area (Å²) in [6.07, 6.45) is 12.5. The highest BCUT2D eigenvalue weighted by Crippen LogP contribution is 2.41. The third-order valence-corrected chi connectivity index (χ3v) is 11.3. The summed E-state index contributed by atoms with van der Waals surface area (Å²) < 4.78 is 12.6. The van der Waals surface area contributed by atoms with Crippen LogP contribution in [0.1, 0.15) is 106 Å². The molecule has 5 heteroatoms. The highest BCUT2D eigenvalue weighted by atomic mass is 28.4. The summed E-state index contributed by atoms with van der Waals surface area (Å²) in [4.78, 5) is 15.1. The smallest absolute Gasteiger partial charge is 0.411 e. The fourth-order valence-corrected chi connectivity index (χ4v) is 5.41. The standard InChI is InChI=1S/C26H51NO3Si/c1-11-13-14-15-16-17-18-19-21-20-23(30-31(9,10)26(6,7)8)22(12-2)27(21)24(28)29-25(3,4)5/h12,21-23H,2,11,13-20H2,1,3-10H3/t21-,22+,23+/m1/s1. The first-order chi connectivity index (χ1) is 14.2. The number of likely N-dealkylation sites (tertiary alicyclic amines) is 1. The van der Waals surface area contributed by atoms with Crippen molar-refractivity contribution in [2.75, 3.05) is 0 Å². The Hall–Kier alpha value is -0.813. The molecular formula is C26H51NO3Si. The number of amides is 1. The van der Waals surface area contributed by atoms with E-state index in [0.717, 1.165) is 19.3 Å². The number of hydrogen-bond donors (Lipinski definition) is 0. The maximum atomic E-state index is 13.2. The molecule has 0 aromatic heterocycles. The van der Waals surface area contributed by atoms with Gasteiger partial charge >= 0.3 is 6.09 Å². The van der Waals surface area contributed by atoms with E-state index in [-0.39, 0.29) is 29.3 Å². The fraction of sp³-hybridized carbons (Fsp3) is 0.885. The summed E-state index contributed by atoms with van der Waals surface area (Å²) in [6, 6.07) is 0.0294. The van der Waals surface area contributed by atoms with Gasteiger partial charge in [0.05, 0.1) is 12.1 Å². The highest BCUT2D eigenvalue weighted by molar-refractivity contribution is 6.74. The van der Waals surface area contributed by atoms with E-state index in [1.54, 1.807) is 0 Å². The molecule has 0 radical (unpaired) electrons. The summed E-state index contributed by atoms with van der Waals surface area (Å²) in [7, 11) is -1.95. The molecule has 3 atom stereocenters. The van der Waals surface area contributed by atoms with Crippen LogP contribution in [0.15, 0.2) is 12.7 Å². The Morgan fingerprint density at radius 2 is 1.58 bits per heavy atom. The van der Waals surface area contributed by atoms with Crippen LogP contribution in [0.5, 0.6) is 0 Å². The molecule has 1 saturated heterocycles. The van der Waals surface area contributed by atoms with E-state index in [2.05, 4.69) is 47.4 Å². The maximum Gasteiger partial charge on any atom is 0.411 e. The van der Waals surface area contributed by atoms with E-state index >= 15 is 0 Å². The number of nitrogens with zero attached hydrogens (tertiary/aromatic N) is 1. The van der Waals surface area contributed by atoms with Crippen LogP contribution in [0.25, 0.3) is 0 Å². The van der Waals surface area contributed by atoms with Crippen LogP contribution in [0.2, 0.25) is 18.1 Å². The zero-order valence-electron chi connectivity index (χ0n) is 22.1. The van der Waals surface area contributed by atoms with Crippen molar-refractivity contribution in [2.24, 2.45) is 0 Å². The third-order valence-electron chi connectivity index (χ3n) is 6.84. The zero-order valence-corrected chi connectivity index (χ0v) is 23.1. The molecule has 4 nitrogen and oxygen atoms in total. The van der Waals surface area contributed by atoms with Crippen LogP contribution in [0.4, 0.5) is 4.79 Å². The maximum absolute atomic E-state index is 13.2. The van der Waals surface area contributed by atoms with Gasteiger partial charge in [0.2, 0.25) is 0 Å². The second-order valence-corrected chi connectivity index (χ2v) is 16.6. The largest absolute Gasteiger partial charge is 0.444 e. The minimum atomic E-state index is -1.95. The monoisotopic (exact) mass is 453 g/mol. The van der Waals surface area contributed by atoms with E-state index in [1.165, 1.54) is 38.5 Å². The summed E-state index contributed by atoms with van der Waals surface area (Å²) in [6.45, 7) is 23.5. The summed E-state index contributed by atoms with van der Waals surface area (Å²) >= 11 is 0. The molecule has 1 amide bonds. The molecule has 0 aromatic carbocycles. The Bertz CT molecular complexity index is 562. The van der Waals surface area contributed by atoms with Gasteiger partial charge in [-0.15, -0.1) is 6.58 Å². The minimum absolute atomic E-state index is 0.000430. The molecule has 1 rings (SSSR count). The van der Waals surface area contributed by atoms with E-state index in [4.69, 9.17) is 9.16 Å².